The quantitative estimate of drug-likeness (QED) is 0.781. The van der Waals surface area contributed by atoms with Crippen molar-refractivity contribution in [3.8, 4) is 5.75 Å². The number of hydrogen-bond donors (Lipinski definition) is 0. The Morgan fingerprint density at radius 3 is 2.81 bits per heavy atom. The Morgan fingerprint density at radius 2 is 2.08 bits per heavy atom. The first-order chi connectivity index (χ1) is 12.5. The molecule has 6 heteroatoms. The molecule has 1 aromatic rings. The smallest absolute Gasteiger partial charge is 0.268 e. The third-order valence-electron chi connectivity index (χ3n) is 5.44. The minimum Gasteiger partial charge on any atom is -0.479 e. The number of hydrogen-bond acceptors (Lipinski definition) is 4. The molecule has 1 fully saturated rings. The second kappa shape index (κ2) is 8.08. The SMILES string of the molecule is CCN(CC1CCCN1CC)C(=O)CN1C(=O)C(C)Oc2ccccc21. The number of likely N-dealkylation sites (N-methyl/N-ethyl adjacent to an activating group) is 2. The Balaban J connectivity index is 1.72. The van der Waals surface area contributed by atoms with Gasteiger partial charge in [-0.05, 0) is 51.9 Å². The van der Waals surface area contributed by atoms with Gasteiger partial charge in [0.2, 0.25) is 5.91 Å². The molecule has 2 atom stereocenters. The zero-order chi connectivity index (χ0) is 18.7. The summed E-state index contributed by atoms with van der Waals surface area (Å²) in [5, 5.41) is 0. The second-order valence-corrected chi connectivity index (χ2v) is 7.01. The molecule has 2 aliphatic rings. The number of amides is 2. The van der Waals surface area contributed by atoms with Crippen LogP contribution >= 0.6 is 0 Å². The molecule has 1 saturated heterocycles. The fourth-order valence-corrected chi connectivity index (χ4v) is 3.94. The zero-order valence-electron chi connectivity index (χ0n) is 16.0. The number of rotatable bonds is 6. The molecule has 0 aliphatic carbocycles. The highest BCUT2D eigenvalue weighted by Crippen LogP contribution is 2.33. The van der Waals surface area contributed by atoms with E-state index in [2.05, 4.69) is 11.8 Å². The van der Waals surface area contributed by atoms with Crippen molar-refractivity contribution >= 4 is 17.5 Å². The summed E-state index contributed by atoms with van der Waals surface area (Å²) in [5.74, 6) is 0.486. The fourth-order valence-electron chi connectivity index (χ4n) is 3.94. The van der Waals surface area contributed by atoms with E-state index in [0.29, 0.717) is 24.0 Å². The average Bonchev–Trinajstić information content (AvgIpc) is 3.10. The molecule has 2 aliphatic heterocycles. The molecule has 0 spiro atoms. The Kier molecular flexibility index (Phi) is 5.81. The van der Waals surface area contributed by atoms with E-state index in [1.807, 2.05) is 36.1 Å². The molecule has 2 heterocycles. The van der Waals surface area contributed by atoms with Gasteiger partial charge in [0.05, 0.1) is 5.69 Å². The predicted molar refractivity (Wildman–Crippen MR) is 101 cm³/mol. The molecule has 0 N–H and O–H groups in total. The largest absolute Gasteiger partial charge is 0.479 e. The summed E-state index contributed by atoms with van der Waals surface area (Å²) in [5.41, 5.74) is 0.677. The molecule has 26 heavy (non-hydrogen) atoms. The van der Waals surface area contributed by atoms with Crippen LogP contribution in [0.25, 0.3) is 0 Å². The Hall–Kier alpha value is -2.08. The van der Waals surface area contributed by atoms with Gasteiger partial charge in [0.1, 0.15) is 12.3 Å². The number of benzene rings is 1. The van der Waals surface area contributed by atoms with Gasteiger partial charge in [-0.15, -0.1) is 0 Å². The molecule has 6 nitrogen and oxygen atoms in total. The van der Waals surface area contributed by atoms with Gasteiger partial charge in [0.25, 0.3) is 5.91 Å². The number of carbonyl (C=O) groups is 2. The summed E-state index contributed by atoms with van der Waals surface area (Å²) in [7, 11) is 0. The first kappa shape index (κ1) is 18.7. The highest BCUT2D eigenvalue weighted by molar-refractivity contribution is 6.03. The Bertz CT molecular complexity index is 663. The van der Waals surface area contributed by atoms with Crippen molar-refractivity contribution in [2.45, 2.75) is 45.8 Å². The van der Waals surface area contributed by atoms with E-state index in [1.165, 1.54) is 6.42 Å². The summed E-state index contributed by atoms with van der Waals surface area (Å²) in [6.07, 6.45) is 1.75. The minimum atomic E-state index is -0.571. The van der Waals surface area contributed by atoms with Crippen LogP contribution < -0.4 is 9.64 Å². The van der Waals surface area contributed by atoms with E-state index >= 15 is 0 Å². The van der Waals surface area contributed by atoms with E-state index in [1.54, 1.807) is 11.8 Å². The van der Waals surface area contributed by atoms with Gasteiger partial charge in [-0.3, -0.25) is 19.4 Å². The lowest BCUT2D eigenvalue weighted by molar-refractivity contribution is -0.133. The summed E-state index contributed by atoms with van der Waals surface area (Å²) in [6.45, 7) is 9.48. The van der Waals surface area contributed by atoms with Crippen LogP contribution in [-0.2, 0) is 9.59 Å². The maximum Gasteiger partial charge on any atom is 0.268 e. The van der Waals surface area contributed by atoms with Crippen molar-refractivity contribution in [1.29, 1.82) is 0 Å². The van der Waals surface area contributed by atoms with Crippen molar-refractivity contribution < 1.29 is 14.3 Å². The van der Waals surface area contributed by atoms with Gasteiger partial charge in [-0.1, -0.05) is 19.1 Å². The molecular weight excluding hydrogens is 330 g/mol. The second-order valence-electron chi connectivity index (χ2n) is 7.01. The van der Waals surface area contributed by atoms with E-state index in [9.17, 15) is 9.59 Å². The third-order valence-corrected chi connectivity index (χ3v) is 5.44. The standard InChI is InChI=1S/C20H29N3O3/c1-4-21-12-8-9-16(21)13-22(5-2)19(24)14-23-17-10-6-7-11-18(17)26-15(3)20(23)25/h6-7,10-11,15-16H,4-5,8-9,12-14H2,1-3H3. The first-order valence-electron chi connectivity index (χ1n) is 9.64. The summed E-state index contributed by atoms with van der Waals surface area (Å²) >= 11 is 0. The average molecular weight is 359 g/mol. The van der Waals surface area contributed by atoms with Crippen LogP contribution in [0.5, 0.6) is 5.75 Å². The van der Waals surface area contributed by atoms with Gasteiger partial charge >= 0.3 is 0 Å². The van der Waals surface area contributed by atoms with Crippen LogP contribution in [0.3, 0.4) is 0 Å². The summed E-state index contributed by atoms with van der Waals surface area (Å²) in [6, 6.07) is 7.83. The number of nitrogens with zero attached hydrogens (tertiary/aromatic N) is 3. The van der Waals surface area contributed by atoms with Crippen LogP contribution in [0, 0.1) is 0 Å². The highest BCUT2D eigenvalue weighted by Gasteiger charge is 2.34. The number of fused-ring (bicyclic) bond motifs is 1. The van der Waals surface area contributed by atoms with Crippen molar-refractivity contribution in [2.75, 3.05) is 37.6 Å². The van der Waals surface area contributed by atoms with Gasteiger partial charge in [0, 0.05) is 19.1 Å². The van der Waals surface area contributed by atoms with Crippen LogP contribution in [0.1, 0.15) is 33.6 Å². The third kappa shape index (κ3) is 3.70. The molecule has 1 aromatic carbocycles. The summed E-state index contributed by atoms with van der Waals surface area (Å²) in [4.78, 5) is 31.5. The number of ether oxygens (including phenoxy) is 1. The minimum absolute atomic E-state index is 0.00675. The van der Waals surface area contributed by atoms with E-state index < -0.39 is 6.10 Å². The predicted octanol–water partition coefficient (Wildman–Crippen LogP) is 2.13. The lowest BCUT2D eigenvalue weighted by Crippen LogP contribution is -2.51. The lowest BCUT2D eigenvalue weighted by atomic mass is 10.1. The number of para-hydroxylation sites is 2. The van der Waals surface area contributed by atoms with Crippen LogP contribution in [0.2, 0.25) is 0 Å². The fraction of sp³-hybridized carbons (Fsp3) is 0.600. The Labute approximate surface area is 155 Å². The van der Waals surface area contributed by atoms with E-state index in [-0.39, 0.29) is 18.4 Å². The molecule has 0 bridgehead atoms. The van der Waals surface area contributed by atoms with Gasteiger partial charge < -0.3 is 9.64 Å². The number of carbonyl (C=O) groups excluding carboxylic acids is 2. The maximum atomic E-state index is 13.0. The molecule has 2 unspecified atom stereocenters. The van der Waals surface area contributed by atoms with Gasteiger partial charge in [0.15, 0.2) is 6.10 Å². The molecule has 3 rings (SSSR count). The van der Waals surface area contributed by atoms with Gasteiger partial charge in [-0.2, -0.15) is 0 Å². The molecule has 0 aromatic heterocycles. The molecule has 0 saturated carbocycles. The van der Waals surface area contributed by atoms with Crippen LogP contribution in [0.15, 0.2) is 24.3 Å². The van der Waals surface area contributed by atoms with Crippen LogP contribution in [0.4, 0.5) is 5.69 Å². The van der Waals surface area contributed by atoms with Crippen molar-refractivity contribution in [1.82, 2.24) is 9.80 Å². The summed E-state index contributed by atoms with van der Waals surface area (Å²) < 4.78 is 5.66. The molecule has 0 radical (unpaired) electrons. The molecule has 2 amide bonds. The normalized spacial score (nSPS) is 22.9. The monoisotopic (exact) mass is 359 g/mol. The number of anilines is 1. The van der Waals surface area contributed by atoms with Gasteiger partial charge in [-0.25, -0.2) is 0 Å². The van der Waals surface area contributed by atoms with Crippen molar-refractivity contribution in [3.05, 3.63) is 24.3 Å². The Morgan fingerprint density at radius 1 is 1.31 bits per heavy atom. The molecular formula is C20H29N3O3. The van der Waals surface area contributed by atoms with Crippen LogP contribution in [-0.4, -0.2) is 66.5 Å². The molecule has 142 valence electrons. The van der Waals surface area contributed by atoms with Crippen molar-refractivity contribution in [3.63, 3.8) is 0 Å². The van der Waals surface area contributed by atoms with Crippen molar-refractivity contribution in [2.24, 2.45) is 0 Å². The zero-order valence-corrected chi connectivity index (χ0v) is 16.0. The first-order valence-corrected chi connectivity index (χ1v) is 9.64. The van der Waals surface area contributed by atoms with E-state index in [0.717, 1.165) is 26.1 Å². The topological polar surface area (TPSA) is 53.1 Å². The lowest BCUT2D eigenvalue weighted by Gasteiger charge is -2.35. The maximum absolute atomic E-state index is 13.0. The van der Waals surface area contributed by atoms with E-state index in [4.69, 9.17) is 4.74 Å². The highest BCUT2D eigenvalue weighted by atomic mass is 16.5. The number of likely N-dealkylation sites (tertiary alicyclic amines) is 1.